The zero-order valence-corrected chi connectivity index (χ0v) is 17.3. The Balaban J connectivity index is 0.00000205. The molecule has 0 bridgehead atoms. The quantitative estimate of drug-likeness (QED) is 0.647. The lowest BCUT2D eigenvalue weighted by molar-refractivity contribution is 0.0940. The summed E-state index contributed by atoms with van der Waals surface area (Å²) in [5.74, 6) is 1.06. The third kappa shape index (κ3) is 4.01. The summed E-state index contributed by atoms with van der Waals surface area (Å²) in [6.07, 6.45) is 2.13. The van der Waals surface area contributed by atoms with E-state index in [9.17, 15) is 4.79 Å². The van der Waals surface area contributed by atoms with Crippen molar-refractivity contribution in [1.29, 1.82) is 0 Å². The fourth-order valence-electron chi connectivity index (χ4n) is 3.55. The van der Waals surface area contributed by atoms with Gasteiger partial charge in [-0.15, -0.1) is 17.5 Å². The topological polar surface area (TPSA) is 71.8 Å². The molecule has 0 saturated heterocycles. The average molecular weight is 430 g/mol. The van der Waals surface area contributed by atoms with Crippen LogP contribution < -0.4 is 10.6 Å². The maximum atomic E-state index is 12.7. The number of rotatable bonds is 5. The van der Waals surface area contributed by atoms with Gasteiger partial charge in [0, 0.05) is 25.6 Å². The second kappa shape index (κ2) is 8.14. The number of hydrogen-bond donors (Lipinski definition) is 2. The maximum Gasteiger partial charge on any atom is 0.291 e. The van der Waals surface area contributed by atoms with E-state index in [4.69, 9.17) is 11.6 Å². The molecular weight excluding hydrogens is 409 g/mol. The first-order valence-electron chi connectivity index (χ1n) is 9.50. The minimum absolute atomic E-state index is 0. The van der Waals surface area contributed by atoms with E-state index in [0.29, 0.717) is 17.5 Å². The van der Waals surface area contributed by atoms with E-state index in [1.54, 1.807) is 4.68 Å². The highest BCUT2D eigenvalue weighted by molar-refractivity contribution is 6.32. The number of nitrogens with zero attached hydrogens (tertiary/aromatic N) is 3. The van der Waals surface area contributed by atoms with Gasteiger partial charge in [-0.2, -0.15) is 0 Å². The Morgan fingerprint density at radius 1 is 1.17 bits per heavy atom. The minimum atomic E-state index is -0.272. The molecule has 2 aromatic carbocycles. The summed E-state index contributed by atoms with van der Waals surface area (Å²) in [6, 6.07) is 13.8. The molecule has 6 nitrogen and oxygen atoms in total. The summed E-state index contributed by atoms with van der Waals surface area (Å²) in [4.78, 5) is 17.2. The Hall–Kier alpha value is -2.41. The Bertz CT molecular complexity index is 1060. The Morgan fingerprint density at radius 3 is 2.76 bits per heavy atom. The van der Waals surface area contributed by atoms with Gasteiger partial charge < -0.3 is 10.6 Å². The SMILES string of the molecule is Cl.O=C(NCc1ccc2c(c1)CNC2)c1nc(C2CC2)n(-c2ccccc2Cl)n1. The van der Waals surface area contributed by atoms with Gasteiger partial charge in [0.1, 0.15) is 5.82 Å². The van der Waals surface area contributed by atoms with Crippen LogP contribution in [0.15, 0.2) is 42.5 Å². The molecule has 8 heteroatoms. The highest BCUT2D eigenvalue weighted by atomic mass is 35.5. The molecule has 150 valence electrons. The number of benzene rings is 2. The zero-order valence-electron chi connectivity index (χ0n) is 15.7. The van der Waals surface area contributed by atoms with Gasteiger partial charge in [-0.25, -0.2) is 9.67 Å². The minimum Gasteiger partial charge on any atom is -0.345 e. The largest absolute Gasteiger partial charge is 0.345 e. The molecule has 0 radical (unpaired) electrons. The number of carbonyl (C=O) groups is 1. The highest BCUT2D eigenvalue weighted by Gasteiger charge is 2.32. The van der Waals surface area contributed by atoms with Crippen molar-refractivity contribution in [2.24, 2.45) is 0 Å². The predicted molar refractivity (Wildman–Crippen MR) is 114 cm³/mol. The zero-order chi connectivity index (χ0) is 19.1. The lowest BCUT2D eigenvalue weighted by Crippen LogP contribution is -2.24. The average Bonchev–Trinajstić information content (AvgIpc) is 3.28. The van der Waals surface area contributed by atoms with Crippen LogP contribution in [0.4, 0.5) is 0 Å². The number of carbonyl (C=O) groups excluding carboxylic acids is 1. The van der Waals surface area contributed by atoms with Crippen LogP contribution in [-0.2, 0) is 19.6 Å². The van der Waals surface area contributed by atoms with Gasteiger partial charge in [0.05, 0.1) is 10.7 Å². The van der Waals surface area contributed by atoms with Crippen LogP contribution in [0.25, 0.3) is 5.69 Å². The number of fused-ring (bicyclic) bond motifs is 1. The molecule has 1 aromatic heterocycles. The monoisotopic (exact) mass is 429 g/mol. The Kier molecular flexibility index (Phi) is 5.58. The van der Waals surface area contributed by atoms with E-state index >= 15 is 0 Å². The van der Waals surface area contributed by atoms with Gasteiger partial charge >= 0.3 is 0 Å². The van der Waals surface area contributed by atoms with Crippen LogP contribution in [0.1, 0.15) is 51.9 Å². The van der Waals surface area contributed by atoms with Crippen LogP contribution in [0, 0.1) is 0 Å². The van der Waals surface area contributed by atoms with E-state index < -0.39 is 0 Å². The molecular formula is C21H21Cl2N5O. The number of amides is 1. The smallest absolute Gasteiger partial charge is 0.291 e. The van der Waals surface area contributed by atoms with Gasteiger partial charge in [0.25, 0.3) is 5.91 Å². The number of hydrogen-bond acceptors (Lipinski definition) is 4. The number of aromatic nitrogens is 3. The van der Waals surface area contributed by atoms with Crippen LogP contribution in [-0.4, -0.2) is 20.7 Å². The van der Waals surface area contributed by atoms with Gasteiger partial charge in [-0.1, -0.05) is 41.9 Å². The molecule has 2 N–H and O–H groups in total. The molecule has 1 aliphatic heterocycles. The van der Waals surface area contributed by atoms with Crippen LogP contribution in [0.5, 0.6) is 0 Å². The van der Waals surface area contributed by atoms with Crippen molar-refractivity contribution in [1.82, 2.24) is 25.4 Å². The predicted octanol–water partition coefficient (Wildman–Crippen LogP) is 3.75. The number of para-hydroxylation sites is 1. The van der Waals surface area contributed by atoms with Crippen molar-refractivity contribution in [3.63, 3.8) is 0 Å². The summed E-state index contributed by atoms with van der Waals surface area (Å²) in [5.41, 5.74) is 4.45. The molecule has 2 heterocycles. The molecule has 3 aromatic rings. The fourth-order valence-corrected chi connectivity index (χ4v) is 3.76. The van der Waals surface area contributed by atoms with Crippen molar-refractivity contribution in [3.05, 3.63) is 75.8 Å². The summed E-state index contributed by atoms with van der Waals surface area (Å²) < 4.78 is 1.72. The van der Waals surface area contributed by atoms with Gasteiger partial charge in [0.15, 0.2) is 0 Å². The summed E-state index contributed by atoms with van der Waals surface area (Å²) in [7, 11) is 0. The van der Waals surface area contributed by atoms with Crippen molar-refractivity contribution < 1.29 is 4.79 Å². The molecule has 0 atom stereocenters. The first-order valence-corrected chi connectivity index (χ1v) is 9.88. The normalized spacial score (nSPS) is 14.9. The molecule has 1 amide bonds. The standard InChI is InChI=1S/C21H20ClN5O.ClH/c22-17-3-1-2-4-18(17)27-20(14-7-8-14)25-19(26-27)21(28)24-10-13-5-6-15-11-23-12-16(15)9-13;/h1-6,9,14,23H,7-8,10-12H2,(H,24,28);1H. The molecule has 0 spiro atoms. The van der Waals surface area contributed by atoms with Crippen molar-refractivity contribution in [2.45, 2.75) is 38.4 Å². The first kappa shape index (κ1) is 19.9. The van der Waals surface area contributed by atoms with E-state index in [1.807, 2.05) is 24.3 Å². The lowest BCUT2D eigenvalue weighted by Gasteiger charge is -2.06. The summed E-state index contributed by atoms with van der Waals surface area (Å²) in [5, 5.41) is 11.3. The van der Waals surface area contributed by atoms with Crippen molar-refractivity contribution in [2.75, 3.05) is 0 Å². The number of nitrogens with one attached hydrogen (secondary N) is 2. The molecule has 29 heavy (non-hydrogen) atoms. The van der Waals surface area contributed by atoms with Crippen molar-refractivity contribution >= 4 is 29.9 Å². The molecule has 2 aliphatic rings. The third-order valence-corrected chi connectivity index (χ3v) is 5.53. The third-order valence-electron chi connectivity index (χ3n) is 5.21. The van der Waals surface area contributed by atoms with Crippen molar-refractivity contribution in [3.8, 4) is 5.69 Å². The molecule has 0 unspecified atom stereocenters. The van der Waals surface area contributed by atoms with E-state index in [0.717, 1.165) is 43.0 Å². The summed E-state index contributed by atoms with van der Waals surface area (Å²) in [6.45, 7) is 2.24. The molecule has 1 aliphatic carbocycles. The second-order valence-electron chi connectivity index (χ2n) is 7.32. The van der Waals surface area contributed by atoms with E-state index in [1.165, 1.54) is 11.1 Å². The maximum absolute atomic E-state index is 12.7. The van der Waals surface area contributed by atoms with Gasteiger partial charge in [0.2, 0.25) is 5.82 Å². The van der Waals surface area contributed by atoms with Crippen LogP contribution in [0.2, 0.25) is 5.02 Å². The first-order chi connectivity index (χ1) is 13.7. The second-order valence-corrected chi connectivity index (χ2v) is 7.73. The van der Waals surface area contributed by atoms with Crippen LogP contribution >= 0.6 is 24.0 Å². The molecule has 1 saturated carbocycles. The van der Waals surface area contributed by atoms with Gasteiger partial charge in [-0.3, -0.25) is 4.79 Å². The highest BCUT2D eigenvalue weighted by Crippen LogP contribution is 2.40. The fraction of sp³-hybridized carbons (Fsp3) is 0.286. The van der Waals surface area contributed by atoms with Crippen LogP contribution in [0.3, 0.4) is 0 Å². The lowest BCUT2D eigenvalue weighted by atomic mass is 10.1. The Labute approximate surface area is 180 Å². The summed E-state index contributed by atoms with van der Waals surface area (Å²) >= 11 is 6.34. The van der Waals surface area contributed by atoms with Gasteiger partial charge in [-0.05, 0) is 41.7 Å². The molecule has 5 rings (SSSR count). The molecule has 1 fully saturated rings. The number of halogens is 2. The van der Waals surface area contributed by atoms with E-state index in [-0.39, 0.29) is 24.1 Å². The Morgan fingerprint density at radius 2 is 1.97 bits per heavy atom. The van der Waals surface area contributed by atoms with E-state index in [2.05, 4.69) is 38.9 Å².